The van der Waals surface area contributed by atoms with E-state index in [2.05, 4.69) is 20.9 Å². The first-order valence-electron chi connectivity index (χ1n) is 7.76. The maximum absolute atomic E-state index is 13.7. The molecule has 3 aromatic rings. The van der Waals surface area contributed by atoms with Crippen molar-refractivity contribution in [1.29, 1.82) is 5.26 Å². The molecule has 0 aliphatic rings. The average molecular weight is 432 g/mol. The Morgan fingerprint density at radius 2 is 2.04 bits per heavy atom. The van der Waals surface area contributed by atoms with Crippen molar-refractivity contribution in [2.24, 2.45) is 0 Å². The average Bonchev–Trinajstić information content (AvgIpc) is 2.65. The fourth-order valence-electron chi connectivity index (χ4n) is 2.49. The van der Waals surface area contributed by atoms with Gasteiger partial charge in [0, 0.05) is 23.4 Å². The zero-order valence-corrected chi connectivity index (χ0v) is 15.6. The Hall–Kier alpha value is -3.05. The van der Waals surface area contributed by atoms with E-state index in [0.29, 0.717) is 11.4 Å². The zero-order valence-electron chi connectivity index (χ0n) is 14.0. The van der Waals surface area contributed by atoms with Crippen LogP contribution in [0.4, 0.5) is 8.78 Å². The minimum Gasteiger partial charge on any atom is -0.487 e. The quantitative estimate of drug-likeness (QED) is 0.625. The Kier molecular flexibility index (Phi) is 5.33. The highest BCUT2D eigenvalue weighted by Crippen LogP contribution is 2.25. The van der Waals surface area contributed by atoms with Crippen molar-refractivity contribution in [1.82, 2.24) is 9.55 Å². The molecule has 5 nitrogen and oxygen atoms in total. The van der Waals surface area contributed by atoms with Gasteiger partial charge in [-0.2, -0.15) is 5.26 Å². The summed E-state index contributed by atoms with van der Waals surface area (Å²) in [5.41, 5.74) is 1.07. The maximum atomic E-state index is 13.7. The Bertz CT molecular complexity index is 1110. The van der Waals surface area contributed by atoms with Gasteiger partial charge in [-0.15, -0.1) is 0 Å². The van der Waals surface area contributed by atoms with Crippen LogP contribution in [0.2, 0.25) is 0 Å². The molecule has 0 saturated heterocycles. The lowest BCUT2D eigenvalue weighted by atomic mass is 10.2. The van der Waals surface area contributed by atoms with E-state index in [-0.39, 0.29) is 28.1 Å². The summed E-state index contributed by atoms with van der Waals surface area (Å²) in [4.78, 5) is 16.7. The molecule has 2 heterocycles. The first-order chi connectivity index (χ1) is 12.9. The molecule has 136 valence electrons. The standard InChI is InChI=1S/C19H12BrF2N3O2/c1-11-6-17(27-10-12-2-3-13(21)7-16(12)22)18(20)19(26)25(11)15-5-4-14(8-23)24-9-15/h2-7,9H,10H2,1H3. The second kappa shape index (κ2) is 7.68. The molecule has 0 spiro atoms. The van der Waals surface area contributed by atoms with Crippen molar-refractivity contribution in [3.63, 3.8) is 0 Å². The molecule has 0 bridgehead atoms. The van der Waals surface area contributed by atoms with Crippen molar-refractivity contribution < 1.29 is 13.5 Å². The molecule has 0 N–H and O–H groups in total. The monoisotopic (exact) mass is 431 g/mol. The summed E-state index contributed by atoms with van der Waals surface area (Å²) < 4.78 is 33.8. The maximum Gasteiger partial charge on any atom is 0.273 e. The Labute approximate surface area is 161 Å². The molecular formula is C19H12BrF2N3O2. The Morgan fingerprint density at radius 1 is 1.26 bits per heavy atom. The number of rotatable bonds is 4. The van der Waals surface area contributed by atoms with Crippen LogP contribution in [-0.4, -0.2) is 9.55 Å². The smallest absolute Gasteiger partial charge is 0.273 e. The SMILES string of the molecule is Cc1cc(OCc2ccc(F)cc2F)c(Br)c(=O)n1-c1ccc(C#N)nc1. The van der Waals surface area contributed by atoms with Crippen molar-refractivity contribution in [3.05, 3.63) is 86.0 Å². The first kappa shape index (κ1) is 18.7. The zero-order chi connectivity index (χ0) is 19.6. The van der Waals surface area contributed by atoms with E-state index in [1.54, 1.807) is 19.1 Å². The predicted octanol–water partition coefficient (Wildman–Crippen LogP) is 4.03. The normalized spacial score (nSPS) is 10.5. The number of halogens is 3. The van der Waals surface area contributed by atoms with E-state index in [0.717, 1.165) is 12.1 Å². The number of aryl methyl sites for hydroxylation is 1. The molecule has 27 heavy (non-hydrogen) atoms. The summed E-state index contributed by atoms with van der Waals surface area (Å²) in [5.74, 6) is -1.16. The van der Waals surface area contributed by atoms with E-state index < -0.39 is 17.2 Å². The number of benzene rings is 1. The number of hydrogen-bond acceptors (Lipinski definition) is 4. The van der Waals surface area contributed by atoms with Crippen LogP contribution in [0, 0.1) is 29.9 Å². The molecular weight excluding hydrogens is 420 g/mol. The van der Waals surface area contributed by atoms with E-state index in [1.807, 2.05) is 6.07 Å². The van der Waals surface area contributed by atoms with Gasteiger partial charge in [0.15, 0.2) is 0 Å². The second-order valence-corrected chi connectivity index (χ2v) is 6.44. The summed E-state index contributed by atoms with van der Waals surface area (Å²) in [7, 11) is 0. The van der Waals surface area contributed by atoms with Crippen LogP contribution in [0.3, 0.4) is 0 Å². The van der Waals surface area contributed by atoms with Gasteiger partial charge in [0.1, 0.15) is 40.2 Å². The Balaban J connectivity index is 1.92. The van der Waals surface area contributed by atoms with Crippen molar-refractivity contribution in [2.75, 3.05) is 0 Å². The molecule has 0 aliphatic carbocycles. The second-order valence-electron chi connectivity index (χ2n) is 5.64. The number of ether oxygens (including phenoxy) is 1. The van der Waals surface area contributed by atoms with Gasteiger partial charge in [0.05, 0.1) is 11.9 Å². The predicted molar refractivity (Wildman–Crippen MR) is 97.7 cm³/mol. The fraction of sp³-hybridized carbons (Fsp3) is 0.105. The van der Waals surface area contributed by atoms with Crippen molar-refractivity contribution in [2.45, 2.75) is 13.5 Å². The minimum absolute atomic E-state index is 0.153. The molecule has 0 fully saturated rings. The first-order valence-corrected chi connectivity index (χ1v) is 8.55. The van der Waals surface area contributed by atoms with Crippen molar-refractivity contribution in [3.8, 4) is 17.5 Å². The van der Waals surface area contributed by atoms with Gasteiger partial charge in [-0.1, -0.05) is 0 Å². The number of pyridine rings is 2. The number of nitrogens with zero attached hydrogens (tertiary/aromatic N) is 3. The topological polar surface area (TPSA) is 67.9 Å². The largest absolute Gasteiger partial charge is 0.487 e. The van der Waals surface area contributed by atoms with E-state index in [9.17, 15) is 13.6 Å². The molecule has 2 aromatic heterocycles. The molecule has 1 aromatic carbocycles. The Morgan fingerprint density at radius 3 is 2.67 bits per heavy atom. The highest BCUT2D eigenvalue weighted by atomic mass is 79.9. The lowest BCUT2D eigenvalue weighted by Gasteiger charge is -2.14. The van der Waals surface area contributed by atoms with Crippen LogP contribution in [0.25, 0.3) is 5.69 Å². The van der Waals surface area contributed by atoms with Gasteiger partial charge in [0.25, 0.3) is 5.56 Å². The third-order valence-corrected chi connectivity index (χ3v) is 4.55. The van der Waals surface area contributed by atoms with Crippen LogP contribution in [-0.2, 0) is 6.61 Å². The number of aromatic nitrogens is 2. The highest BCUT2D eigenvalue weighted by Gasteiger charge is 2.15. The third kappa shape index (κ3) is 3.88. The van der Waals surface area contributed by atoms with Gasteiger partial charge in [-0.3, -0.25) is 9.36 Å². The molecule has 0 atom stereocenters. The van der Waals surface area contributed by atoms with Crippen LogP contribution >= 0.6 is 15.9 Å². The van der Waals surface area contributed by atoms with Gasteiger partial charge in [-0.05, 0) is 47.1 Å². The van der Waals surface area contributed by atoms with Gasteiger partial charge in [-0.25, -0.2) is 13.8 Å². The third-order valence-electron chi connectivity index (χ3n) is 3.82. The van der Waals surface area contributed by atoms with E-state index in [1.165, 1.54) is 22.9 Å². The minimum atomic E-state index is -0.722. The van der Waals surface area contributed by atoms with Crippen LogP contribution in [0.15, 0.2) is 51.9 Å². The van der Waals surface area contributed by atoms with Crippen LogP contribution in [0.1, 0.15) is 17.0 Å². The van der Waals surface area contributed by atoms with Gasteiger partial charge in [0.2, 0.25) is 0 Å². The molecule has 0 radical (unpaired) electrons. The molecule has 0 unspecified atom stereocenters. The van der Waals surface area contributed by atoms with Crippen molar-refractivity contribution >= 4 is 15.9 Å². The molecule has 0 aliphatic heterocycles. The van der Waals surface area contributed by atoms with Gasteiger partial charge >= 0.3 is 0 Å². The summed E-state index contributed by atoms with van der Waals surface area (Å²) in [5, 5.41) is 8.82. The van der Waals surface area contributed by atoms with E-state index >= 15 is 0 Å². The molecule has 0 saturated carbocycles. The van der Waals surface area contributed by atoms with Gasteiger partial charge < -0.3 is 4.74 Å². The number of hydrogen-bond donors (Lipinski definition) is 0. The fourth-order valence-corrected chi connectivity index (χ4v) is 2.89. The number of nitriles is 1. The molecule has 0 amide bonds. The lowest BCUT2D eigenvalue weighted by molar-refractivity contribution is 0.296. The summed E-state index contributed by atoms with van der Waals surface area (Å²) in [6.07, 6.45) is 1.42. The molecule has 3 rings (SSSR count). The molecule has 8 heteroatoms. The summed E-state index contributed by atoms with van der Waals surface area (Å²) in [6.45, 7) is 1.55. The van der Waals surface area contributed by atoms with E-state index in [4.69, 9.17) is 10.00 Å². The summed E-state index contributed by atoms with van der Waals surface area (Å²) >= 11 is 3.21. The lowest BCUT2D eigenvalue weighted by Crippen LogP contribution is -2.22. The van der Waals surface area contributed by atoms with Crippen LogP contribution < -0.4 is 10.3 Å². The van der Waals surface area contributed by atoms with Crippen LogP contribution in [0.5, 0.6) is 5.75 Å². The highest BCUT2D eigenvalue weighted by molar-refractivity contribution is 9.10. The summed E-state index contributed by atoms with van der Waals surface area (Å²) in [6, 6.07) is 9.85.